The van der Waals surface area contributed by atoms with Gasteiger partial charge in [-0.1, -0.05) is 6.07 Å². The standard InChI is InChI=1S/C9H9F2NO5S/c10-5-2-1-3-6(11)8(5)18(16,17)12-7(4-13)9(14)15/h1-3,7,12-13H,4H2,(H,14,15). The summed E-state index contributed by atoms with van der Waals surface area (Å²) in [5.41, 5.74) is 0. The summed E-state index contributed by atoms with van der Waals surface area (Å²) in [6.45, 7) is -1.05. The number of nitrogens with one attached hydrogen (secondary N) is 1. The highest BCUT2D eigenvalue weighted by atomic mass is 32.2. The van der Waals surface area contributed by atoms with E-state index in [0.29, 0.717) is 12.1 Å². The number of rotatable bonds is 5. The lowest BCUT2D eigenvalue weighted by molar-refractivity contribution is -0.139. The molecule has 1 aromatic rings. The SMILES string of the molecule is O=C(O)C(CO)NS(=O)(=O)c1c(F)cccc1F. The maximum Gasteiger partial charge on any atom is 0.324 e. The van der Waals surface area contributed by atoms with Gasteiger partial charge < -0.3 is 10.2 Å². The topological polar surface area (TPSA) is 104 Å². The van der Waals surface area contributed by atoms with E-state index in [4.69, 9.17) is 10.2 Å². The maximum absolute atomic E-state index is 13.2. The predicted molar refractivity (Wildman–Crippen MR) is 55.2 cm³/mol. The van der Waals surface area contributed by atoms with Gasteiger partial charge in [-0.3, -0.25) is 4.79 Å². The van der Waals surface area contributed by atoms with Crippen molar-refractivity contribution in [1.82, 2.24) is 4.72 Å². The van der Waals surface area contributed by atoms with Crippen molar-refractivity contribution in [3.05, 3.63) is 29.8 Å². The predicted octanol–water partition coefficient (Wildman–Crippen LogP) is -0.311. The van der Waals surface area contributed by atoms with E-state index in [1.54, 1.807) is 0 Å². The lowest BCUT2D eigenvalue weighted by Gasteiger charge is -2.13. The van der Waals surface area contributed by atoms with Crippen LogP contribution in [0.1, 0.15) is 0 Å². The van der Waals surface area contributed by atoms with Gasteiger partial charge in [0.1, 0.15) is 17.7 Å². The summed E-state index contributed by atoms with van der Waals surface area (Å²) < 4.78 is 51.1. The van der Waals surface area contributed by atoms with Gasteiger partial charge in [-0.05, 0) is 12.1 Å². The smallest absolute Gasteiger partial charge is 0.324 e. The Balaban J connectivity index is 3.19. The number of hydrogen-bond donors (Lipinski definition) is 3. The molecule has 0 aliphatic rings. The van der Waals surface area contributed by atoms with Gasteiger partial charge in [-0.25, -0.2) is 17.2 Å². The van der Waals surface area contributed by atoms with Gasteiger partial charge >= 0.3 is 5.97 Å². The number of aliphatic hydroxyl groups excluding tert-OH is 1. The Hall–Kier alpha value is -1.58. The van der Waals surface area contributed by atoms with Crippen LogP contribution in [0.25, 0.3) is 0 Å². The minimum Gasteiger partial charge on any atom is -0.480 e. The number of hydrogen-bond acceptors (Lipinski definition) is 4. The third-order valence-corrected chi connectivity index (χ3v) is 3.49. The van der Waals surface area contributed by atoms with Gasteiger partial charge in [0.2, 0.25) is 10.0 Å². The maximum atomic E-state index is 13.2. The number of carboxylic acid groups (broad SMARTS) is 1. The van der Waals surface area contributed by atoms with Crippen molar-refractivity contribution in [1.29, 1.82) is 0 Å². The zero-order valence-electron chi connectivity index (χ0n) is 8.80. The molecule has 0 saturated heterocycles. The molecule has 0 radical (unpaired) electrons. The Morgan fingerprint density at radius 1 is 1.33 bits per heavy atom. The van der Waals surface area contributed by atoms with Crippen molar-refractivity contribution in [3.8, 4) is 0 Å². The van der Waals surface area contributed by atoms with E-state index in [1.807, 2.05) is 0 Å². The average Bonchev–Trinajstić information content (AvgIpc) is 2.25. The lowest BCUT2D eigenvalue weighted by Crippen LogP contribution is -2.43. The molecule has 0 amide bonds. The minimum atomic E-state index is -4.72. The van der Waals surface area contributed by atoms with Crippen molar-refractivity contribution in [2.45, 2.75) is 10.9 Å². The Labute approximate surface area is 101 Å². The van der Waals surface area contributed by atoms with Crippen molar-refractivity contribution >= 4 is 16.0 Å². The highest BCUT2D eigenvalue weighted by Gasteiger charge is 2.29. The molecule has 1 unspecified atom stereocenters. The molecule has 0 aliphatic carbocycles. The summed E-state index contributed by atoms with van der Waals surface area (Å²) >= 11 is 0. The van der Waals surface area contributed by atoms with Gasteiger partial charge in [0.25, 0.3) is 0 Å². The first-order chi connectivity index (χ1) is 8.29. The first-order valence-electron chi connectivity index (χ1n) is 4.59. The third kappa shape index (κ3) is 3.00. The molecule has 1 atom stereocenters. The molecule has 0 aromatic heterocycles. The fourth-order valence-corrected chi connectivity index (χ4v) is 2.47. The number of aliphatic hydroxyl groups is 1. The number of aliphatic carboxylic acids is 1. The number of carboxylic acids is 1. The van der Waals surface area contributed by atoms with Gasteiger partial charge in [0, 0.05) is 0 Å². The number of carbonyl (C=O) groups is 1. The zero-order valence-corrected chi connectivity index (χ0v) is 9.62. The molecule has 0 fully saturated rings. The van der Waals surface area contributed by atoms with Crippen LogP contribution in [0.3, 0.4) is 0 Å². The second-order valence-electron chi connectivity index (χ2n) is 3.25. The molecule has 0 heterocycles. The second-order valence-corrected chi connectivity index (χ2v) is 4.90. The van der Waals surface area contributed by atoms with Crippen LogP contribution < -0.4 is 4.72 Å². The second kappa shape index (κ2) is 5.38. The van der Waals surface area contributed by atoms with Crippen LogP contribution >= 0.6 is 0 Å². The first-order valence-corrected chi connectivity index (χ1v) is 6.08. The molecule has 0 aliphatic heterocycles. The molecule has 100 valence electrons. The van der Waals surface area contributed by atoms with Crippen LogP contribution in [0.2, 0.25) is 0 Å². The van der Waals surface area contributed by atoms with Crippen molar-refractivity contribution in [3.63, 3.8) is 0 Å². The van der Waals surface area contributed by atoms with Crippen LogP contribution in [0, 0.1) is 11.6 Å². The summed E-state index contributed by atoms with van der Waals surface area (Å²) in [4.78, 5) is 9.25. The van der Waals surface area contributed by atoms with Crippen molar-refractivity contribution in [2.24, 2.45) is 0 Å². The monoisotopic (exact) mass is 281 g/mol. The van der Waals surface area contributed by atoms with E-state index >= 15 is 0 Å². The molecule has 9 heteroatoms. The van der Waals surface area contributed by atoms with Crippen LogP contribution in [-0.2, 0) is 14.8 Å². The van der Waals surface area contributed by atoms with E-state index in [0.717, 1.165) is 6.07 Å². The Morgan fingerprint density at radius 2 is 1.83 bits per heavy atom. The third-order valence-electron chi connectivity index (χ3n) is 1.97. The van der Waals surface area contributed by atoms with Gasteiger partial charge in [-0.2, -0.15) is 4.72 Å². The van der Waals surface area contributed by atoms with Gasteiger partial charge in [0.15, 0.2) is 4.90 Å². The summed E-state index contributed by atoms with van der Waals surface area (Å²) in [6.07, 6.45) is 0. The van der Waals surface area contributed by atoms with Crippen LogP contribution in [0.15, 0.2) is 23.1 Å². The van der Waals surface area contributed by atoms with Gasteiger partial charge in [0.05, 0.1) is 6.61 Å². The van der Waals surface area contributed by atoms with Gasteiger partial charge in [-0.15, -0.1) is 0 Å². The average molecular weight is 281 g/mol. The van der Waals surface area contributed by atoms with Crippen LogP contribution in [0.5, 0.6) is 0 Å². The highest BCUT2D eigenvalue weighted by Crippen LogP contribution is 2.18. The Morgan fingerprint density at radius 3 is 2.22 bits per heavy atom. The molecule has 0 spiro atoms. The molecular weight excluding hydrogens is 272 g/mol. The van der Waals surface area contributed by atoms with Crippen molar-refractivity contribution in [2.75, 3.05) is 6.61 Å². The van der Waals surface area contributed by atoms with Crippen LogP contribution in [0.4, 0.5) is 8.78 Å². The summed E-state index contributed by atoms with van der Waals surface area (Å²) in [5, 5.41) is 17.2. The van der Waals surface area contributed by atoms with Crippen LogP contribution in [-0.4, -0.2) is 37.2 Å². The highest BCUT2D eigenvalue weighted by molar-refractivity contribution is 7.89. The lowest BCUT2D eigenvalue weighted by atomic mass is 10.3. The largest absolute Gasteiger partial charge is 0.480 e. The normalized spacial score (nSPS) is 13.3. The molecule has 1 aromatic carbocycles. The van der Waals surface area contributed by atoms with E-state index < -0.39 is 45.2 Å². The molecule has 0 saturated carbocycles. The Bertz CT molecular complexity index is 540. The molecule has 6 nitrogen and oxygen atoms in total. The minimum absolute atomic E-state index is 0.715. The molecule has 0 bridgehead atoms. The number of halogens is 2. The first kappa shape index (κ1) is 14.5. The number of sulfonamides is 1. The van der Waals surface area contributed by atoms with E-state index in [-0.39, 0.29) is 0 Å². The summed E-state index contributed by atoms with van der Waals surface area (Å²) in [7, 11) is -4.72. The quantitative estimate of drug-likeness (QED) is 0.686. The Kier molecular flexibility index (Phi) is 4.33. The molecule has 1 rings (SSSR count). The zero-order chi connectivity index (χ0) is 13.9. The fraction of sp³-hybridized carbons (Fsp3) is 0.222. The van der Waals surface area contributed by atoms with E-state index in [2.05, 4.69) is 0 Å². The van der Waals surface area contributed by atoms with Crippen molar-refractivity contribution < 1.29 is 32.2 Å². The summed E-state index contributed by atoms with van der Waals surface area (Å²) in [6, 6.07) is 0.511. The van der Waals surface area contributed by atoms with E-state index in [1.165, 1.54) is 4.72 Å². The van der Waals surface area contributed by atoms with E-state index in [9.17, 15) is 22.0 Å². The molecular formula is C9H9F2NO5S. The summed E-state index contributed by atoms with van der Waals surface area (Å²) in [5.74, 6) is -4.38. The molecule has 18 heavy (non-hydrogen) atoms. The molecule has 3 N–H and O–H groups in total. The number of benzene rings is 1. The fourth-order valence-electron chi connectivity index (χ4n) is 1.15.